The van der Waals surface area contributed by atoms with E-state index >= 15 is 4.39 Å². The average molecular weight is 376 g/mol. The maximum Gasteiger partial charge on any atom is 0.329 e. The summed E-state index contributed by atoms with van der Waals surface area (Å²) in [6, 6.07) is 0.0250. The van der Waals surface area contributed by atoms with Crippen LogP contribution in [0, 0.1) is 18.7 Å². The van der Waals surface area contributed by atoms with E-state index in [4.69, 9.17) is 10.5 Å². The molecule has 1 aromatic carbocycles. The minimum Gasteiger partial charge on any atom is -0.492 e. The molecule has 0 bridgehead atoms. The number of aromatic nitrogens is 2. The molecule has 1 aromatic heterocycles. The molecule has 1 saturated carbocycles. The number of ether oxygens (including phenoxy) is 1. The zero-order valence-electron chi connectivity index (χ0n) is 15.8. The van der Waals surface area contributed by atoms with Crippen molar-refractivity contribution in [3.63, 3.8) is 0 Å². The van der Waals surface area contributed by atoms with Gasteiger partial charge < -0.3 is 15.4 Å². The number of halogens is 1. The van der Waals surface area contributed by atoms with Gasteiger partial charge in [-0.25, -0.2) is 9.18 Å². The maximum atomic E-state index is 15.4. The van der Waals surface area contributed by atoms with Crippen molar-refractivity contribution in [2.45, 2.75) is 45.2 Å². The molecule has 2 heterocycles. The second kappa shape index (κ2) is 6.37. The number of nitrogens with one attached hydrogen (secondary N) is 1. The zero-order chi connectivity index (χ0) is 19.5. The Kier molecular flexibility index (Phi) is 4.25. The van der Waals surface area contributed by atoms with Crippen molar-refractivity contribution in [3.05, 3.63) is 32.2 Å². The molecule has 7 nitrogen and oxygen atoms in total. The van der Waals surface area contributed by atoms with Crippen molar-refractivity contribution in [3.8, 4) is 5.75 Å². The minimum absolute atomic E-state index is 0.0121. The fourth-order valence-corrected chi connectivity index (χ4v) is 4.20. The maximum absolute atomic E-state index is 15.4. The predicted molar refractivity (Wildman–Crippen MR) is 102 cm³/mol. The molecule has 0 spiro atoms. The Hall–Kier alpha value is -2.35. The largest absolute Gasteiger partial charge is 0.492 e. The number of methoxy groups -OCH3 is 1. The number of H-pyrrole nitrogens is 1. The van der Waals surface area contributed by atoms with Crippen LogP contribution in [0.15, 0.2) is 9.59 Å². The quantitative estimate of drug-likeness (QED) is 0.846. The summed E-state index contributed by atoms with van der Waals surface area (Å²) in [5.74, 6) is 0.0413. The summed E-state index contributed by atoms with van der Waals surface area (Å²) in [6.45, 7) is 4.81. The van der Waals surface area contributed by atoms with Crippen LogP contribution in [0.1, 0.15) is 37.8 Å². The van der Waals surface area contributed by atoms with Gasteiger partial charge >= 0.3 is 5.69 Å². The van der Waals surface area contributed by atoms with Crippen LogP contribution in [0.2, 0.25) is 0 Å². The minimum atomic E-state index is -0.581. The van der Waals surface area contributed by atoms with E-state index in [1.54, 1.807) is 11.5 Å². The molecular weight excluding hydrogens is 351 g/mol. The summed E-state index contributed by atoms with van der Waals surface area (Å²) in [5.41, 5.74) is 5.94. The van der Waals surface area contributed by atoms with Gasteiger partial charge in [0, 0.05) is 30.7 Å². The number of hydrogen-bond donors (Lipinski definition) is 2. The highest BCUT2D eigenvalue weighted by Crippen LogP contribution is 2.44. The molecule has 4 rings (SSSR count). The van der Waals surface area contributed by atoms with Crippen molar-refractivity contribution in [2.24, 2.45) is 11.7 Å². The molecule has 2 aromatic rings. The highest BCUT2D eigenvalue weighted by atomic mass is 19.1. The first-order valence-electron chi connectivity index (χ1n) is 9.40. The first-order chi connectivity index (χ1) is 12.8. The van der Waals surface area contributed by atoms with Crippen molar-refractivity contribution in [1.82, 2.24) is 9.55 Å². The molecule has 1 aliphatic heterocycles. The molecular formula is C19H25FN4O3. The van der Waals surface area contributed by atoms with E-state index in [1.165, 1.54) is 7.11 Å². The lowest BCUT2D eigenvalue weighted by Crippen LogP contribution is -2.32. The van der Waals surface area contributed by atoms with E-state index in [2.05, 4.69) is 4.98 Å². The van der Waals surface area contributed by atoms with E-state index in [0.29, 0.717) is 24.3 Å². The van der Waals surface area contributed by atoms with Crippen LogP contribution in [0.5, 0.6) is 5.75 Å². The average Bonchev–Trinajstić information content (AvgIpc) is 3.32. The van der Waals surface area contributed by atoms with Gasteiger partial charge in [-0.05, 0) is 39.0 Å². The van der Waals surface area contributed by atoms with Gasteiger partial charge in [0.1, 0.15) is 11.2 Å². The third-order valence-electron chi connectivity index (χ3n) is 5.89. The number of fused-ring (bicyclic) bond motifs is 1. The molecule has 1 saturated heterocycles. The zero-order valence-corrected chi connectivity index (χ0v) is 15.8. The van der Waals surface area contributed by atoms with Gasteiger partial charge in [0.2, 0.25) is 0 Å². The van der Waals surface area contributed by atoms with Crippen LogP contribution in [0.3, 0.4) is 0 Å². The highest BCUT2D eigenvalue weighted by molar-refractivity contribution is 5.93. The lowest BCUT2D eigenvalue weighted by atomic mass is 10.0. The molecule has 146 valence electrons. The number of nitrogens with zero attached hydrogens (tertiary/aromatic N) is 2. The third-order valence-corrected chi connectivity index (χ3v) is 5.89. The smallest absolute Gasteiger partial charge is 0.329 e. The first kappa shape index (κ1) is 18.0. The third kappa shape index (κ3) is 2.74. The summed E-state index contributed by atoms with van der Waals surface area (Å²) < 4.78 is 22.6. The van der Waals surface area contributed by atoms with Gasteiger partial charge in [0.25, 0.3) is 5.56 Å². The molecule has 2 aliphatic rings. The second-order valence-electron chi connectivity index (χ2n) is 7.76. The lowest BCUT2D eigenvalue weighted by Gasteiger charge is -2.26. The van der Waals surface area contributed by atoms with Crippen LogP contribution in [-0.4, -0.2) is 35.8 Å². The Morgan fingerprint density at radius 3 is 2.56 bits per heavy atom. The molecule has 27 heavy (non-hydrogen) atoms. The van der Waals surface area contributed by atoms with Crippen LogP contribution in [0.25, 0.3) is 10.9 Å². The van der Waals surface area contributed by atoms with Crippen LogP contribution < -0.4 is 26.6 Å². The van der Waals surface area contributed by atoms with Crippen molar-refractivity contribution in [2.75, 3.05) is 25.1 Å². The summed E-state index contributed by atoms with van der Waals surface area (Å²) >= 11 is 0. The van der Waals surface area contributed by atoms with Gasteiger partial charge in [0.15, 0.2) is 11.6 Å². The molecule has 2 fully saturated rings. The molecule has 0 amide bonds. The predicted octanol–water partition coefficient (Wildman–Crippen LogP) is 1.65. The van der Waals surface area contributed by atoms with E-state index in [1.807, 2.05) is 11.8 Å². The summed E-state index contributed by atoms with van der Waals surface area (Å²) in [6.07, 6.45) is 2.57. The Morgan fingerprint density at radius 1 is 1.30 bits per heavy atom. The molecule has 0 radical (unpaired) electrons. The number of nitrogens with two attached hydrogens (primary N) is 1. The Bertz CT molecular complexity index is 1020. The normalized spacial score (nSPS) is 21.1. The Labute approximate surface area is 155 Å². The van der Waals surface area contributed by atoms with Gasteiger partial charge in [-0.2, -0.15) is 0 Å². The van der Waals surface area contributed by atoms with E-state index < -0.39 is 17.1 Å². The number of hydrogen-bond acceptors (Lipinski definition) is 5. The number of aryl methyl sites for hydroxylation is 1. The van der Waals surface area contributed by atoms with Gasteiger partial charge in [-0.3, -0.25) is 14.3 Å². The molecule has 3 N–H and O–H groups in total. The number of benzene rings is 1. The number of rotatable bonds is 4. The molecule has 2 atom stereocenters. The molecule has 1 aliphatic carbocycles. The van der Waals surface area contributed by atoms with E-state index in [0.717, 1.165) is 19.3 Å². The number of aromatic amines is 1. The summed E-state index contributed by atoms with van der Waals surface area (Å²) in [5, 5.41) is 0.183. The summed E-state index contributed by atoms with van der Waals surface area (Å²) in [4.78, 5) is 29.3. The highest BCUT2D eigenvalue weighted by Gasteiger charge is 2.35. The Morgan fingerprint density at radius 2 is 2.00 bits per heavy atom. The first-order valence-corrected chi connectivity index (χ1v) is 9.40. The van der Waals surface area contributed by atoms with Gasteiger partial charge in [-0.1, -0.05) is 0 Å². The topological polar surface area (TPSA) is 93.3 Å². The number of anilines is 1. The lowest BCUT2D eigenvalue weighted by molar-refractivity contribution is 0.412. The fourth-order valence-electron chi connectivity index (χ4n) is 4.20. The van der Waals surface area contributed by atoms with Gasteiger partial charge in [0.05, 0.1) is 12.5 Å². The van der Waals surface area contributed by atoms with Crippen LogP contribution in [-0.2, 0) is 0 Å². The van der Waals surface area contributed by atoms with Gasteiger partial charge in [-0.15, -0.1) is 0 Å². The van der Waals surface area contributed by atoms with E-state index in [9.17, 15) is 9.59 Å². The van der Waals surface area contributed by atoms with Crippen molar-refractivity contribution < 1.29 is 9.13 Å². The van der Waals surface area contributed by atoms with Crippen LogP contribution >= 0.6 is 0 Å². The monoisotopic (exact) mass is 376 g/mol. The molecule has 8 heteroatoms. The van der Waals surface area contributed by atoms with E-state index in [-0.39, 0.29) is 34.7 Å². The van der Waals surface area contributed by atoms with Crippen LogP contribution in [0.4, 0.5) is 10.1 Å². The van der Waals surface area contributed by atoms with Crippen molar-refractivity contribution >= 4 is 16.6 Å². The summed E-state index contributed by atoms with van der Waals surface area (Å²) in [7, 11) is 1.45. The SMILES string of the molecule is COc1c(N2CCC([C@H](C)N)C2)c(F)c(C)c2c(=O)[nH]c(=O)n(C3CC3)c12. The molecule has 1 unspecified atom stereocenters. The standard InChI is InChI=1S/C19H25FN4O3/c1-9-13-15(24(12-4-5-12)19(26)22-18(13)25)17(27-3)16(14(9)20)23-7-6-11(8-23)10(2)21/h10-12H,4-8,21H2,1-3H3,(H,22,25,26)/t10-,11?/m0/s1. The second-order valence-corrected chi connectivity index (χ2v) is 7.76. The fraction of sp³-hybridized carbons (Fsp3) is 0.579. The van der Waals surface area contributed by atoms with Crippen molar-refractivity contribution in [1.29, 1.82) is 0 Å². The Balaban J connectivity index is 2.03.